The lowest BCUT2D eigenvalue weighted by Crippen LogP contribution is -2.54. The first kappa shape index (κ1) is 24.2. The van der Waals surface area contributed by atoms with Crippen molar-refractivity contribution in [3.8, 4) is 0 Å². The SMILES string of the molecule is CCN(CC)Cc1ccccc1CNC(=O)C1(N)CCCCC1.Cl.Cl. The Balaban J connectivity index is 0.00000288. The number of nitrogens with two attached hydrogens (primary N) is 1. The molecule has 1 amide bonds. The van der Waals surface area contributed by atoms with E-state index in [2.05, 4.69) is 42.3 Å². The number of hydrogen-bond acceptors (Lipinski definition) is 3. The van der Waals surface area contributed by atoms with Crippen LogP contribution in [0.4, 0.5) is 0 Å². The molecule has 25 heavy (non-hydrogen) atoms. The number of halogens is 2. The summed E-state index contributed by atoms with van der Waals surface area (Å²) in [5.74, 6) is 0.00911. The maximum Gasteiger partial charge on any atom is 0.240 e. The highest BCUT2D eigenvalue weighted by Gasteiger charge is 2.34. The first-order valence-corrected chi connectivity index (χ1v) is 8.95. The average Bonchev–Trinajstić information content (AvgIpc) is 2.59. The van der Waals surface area contributed by atoms with Crippen molar-refractivity contribution in [2.45, 2.75) is 64.6 Å². The van der Waals surface area contributed by atoms with E-state index in [1.54, 1.807) is 0 Å². The van der Waals surface area contributed by atoms with E-state index in [0.29, 0.717) is 6.54 Å². The van der Waals surface area contributed by atoms with Crippen molar-refractivity contribution in [3.05, 3.63) is 35.4 Å². The van der Waals surface area contributed by atoms with E-state index in [-0.39, 0.29) is 30.7 Å². The Bertz CT molecular complexity index is 515. The minimum atomic E-state index is -0.661. The zero-order chi connectivity index (χ0) is 16.7. The summed E-state index contributed by atoms with van der Waals surface area (Å²) in [7, 11) is 0. The summed E-state index contributed by atoms with van der Waals surface area (Å²) < 4.78 is 0. The highest BCUT2D eigenvalue weighted by Crippen LogP contribution is 2.26. The molecule has 0 atom stereocenters. The van der Waals surface area contributed by atoms with Crippen LogP contribution >= 0.6 is 24.8 Å². The Morgan fingerprint density at radius 2 is 1.64 bits per heavy atom. The second-order valence-electron chi connectivity index (χ2n) is 6.63. The van der Waals surface area contributed by atoms with Gasteiger partial charge in [-0.25, -0.2) is 0 Å². The van der Waals surface area contributed by atoms with Crippen LogP contribution in [0.2, 0.25) is 0 Å². The zero-order valence-electron chi connectivity index (χ0n) is 15.4. The molecule has 0 aromatic heterocycles. The van der Waals surface area contributed by atoms with Gasteiger partial charge < -0.3 is 11.1 Å². The Hall–Kier alpha value is -0.810. The molecule has 0 heterocycles. The van der Waals surface area contributed by atoms with E-state index >= 15 is 0 Å². The smallest absolute Gasteiger partial charge is 0.240 e. The predicted octanol–water partition coefficient (Wildman–Crippen LogP) is 3.65. The number of amides is 1. The first-order chi connectivity index (χ1) is 11.1. The van der Waals surface area contributed by atoms with Gasteiger partial charge >= 0.3 is 0 Å². The maximum atomic E-state index is 12.5. The molecule has 1 saturated carbocycles. The molecule has 1 aromatic rings. The van der Waals surface area contributed by atoms with Crippen LogP contribution < -0.4 is 11.1 Å². The number of carbonyl (C=O) groups is 1. The molecular formula is C19H33Cl2N3O. The van der Waals surface area contributed by atoms with Crippen LogP contribution in [0.5, 0.6) is 0 Å². The largest absolute Gasteiger partial charge is 0.350 e. The number of benzene rings is 1. The van der Waals surface area contributed by atoms with Crippen LogP contribution in [0.15, 0.2) is 24.3 Å². The summed E-state index contributed by atoms with van der Waals surface area (Å²) in [6, 6.07) is 8.35. The van der Waals surface area contributed by atoms with Gasteiger partial charge in [-0.3, -0.25) is 9.69 Å². The maximum absolute atomic E-state index is 12.5. The van der Waals surface area contributed by atoms with E-state index in [4.69, 9.17) is 5.73 Å². The quantitative estimate of drug-likeness (QED) is 0.747. The van der Waals surface area contributed by atoms with E-state index < -0.39 is 5.54 Å². The minimum Gasteiger partial charge on any atom is -0.350 e. The third-order valence-corrected chi connectivity index (χ3v) is 5.04. The van der Waals surface area contributed by atoms with Crippen molar-refractivity contribution in [2.75, 3.05) is 13.1 Å². The fourth-order valence-electron chi connectivity index (χ4n) is 3.33. The molecule has 2 rings (SSSR count). The van der Waals surface area contributed by atoms with Crippen LogP contribution in [0, 0.1) is 0 Å². The molecule has 144 valence electrons. The third kappa shape index (κ3) is 6.78. The lowest BCUT2D eigenvalue weighted by atomic mass is 9.82. The van der Waals surface area contributed by atoms with Gasteiger partial charge in [-0.15, -0.1) is 24.8 Å². The average molecular weight is 390 g/mol. The second kappa shape index (κ2) is 11.7. The van der Waals surface area contributed by atoms with Gasteiger partial charge in [0.2, 0.25) is 5.91 Å². The lowest BCUT2D eigenvalue weighted by molar-refractivity contribution is -0.127. The first-order valence-electron chi connectivity index (χ1n) is 8.95. The Labute approximate surface area is 164 Å². The van der Waals surface area contributed by atoms with Crippen molar-refractivity contribution in [1.29, 1.82) is 0 Å². The van der Waals surface area contributed by atoms with Gasteiger partial charge in [-0.1, -0.05) is 57.4 Å². The van der Waals surface area contributed by atoms with E-state index in [1.165, 1.54) is 17.5 Å². The van der Waals surface area contributed by atoms with Crippen LogP contribution in [-0.4, -0.2) is 29.4 Å². The van der Waals surface area contributed by atoms with E-state index in [0.717, 1.165) is 45.3 Å². The molecule has 1 aliphatic rings. The van der Waals surface area contributed by atoms with Crippen LogP contribution in [0.25, 0.3) is 0 Å². The fourth-order valence-corrected chi connectivity index (χ4v) is 3.33. The zero-order valence-corrected chi connectivity index (χ0v) is 17.1. The number of hydrogen-bond donors (Lipinski definition) is 2. The molecule has 3 N–H and O–H groups in total. The number of nitrogens with zero attached hydrogens (tertiary/aromatic N) is 1. The summed E-state index contributed by atoms with van der Waals surface area (Å²) in [5, 5.41) is 3.08. The van der Waals surface area contributed by atoms with Gasteiger partial charge in [0.1, 0.15) is 0 Å². The normalized spacial score (nSPS) is 15.8. The summed E-state index contributed by atoms with van der Waals surface area (Å²) in [4.78, 5) is 14.9. The summed E-state index contributed by atoms with van der Waals surface area (Å²) in [5.41, 5.74) is 8.12. The molecule has 1 aromatic carbocycles. The molecule has 4 nitrogen and oxygen atoms in total. The van der Waals surface area contributed by atoms with Crippen molar-refractivity contribution in [2.24, 2.45) is 5.73 Å². The summed E-state index contributed by atoms with van der Waals surface area (Å²) >= 11 is 0. The highest BCUT2D eigenvalue weighted by atomic mass is 35.5. The van der Waals surface area contributed by atoms with Gasteiger partial charge in [0.25, 0.3) is 0 Å². The molecule has 0 bridgehead atoms. The van der Waals surface area contributed by atoms with Crippen LogP contribution in [0.1, 0.15) is 57.1 Å². The number of nitrogens with one attached hydrogen (secondary N) is 1. The van der Waals surface area contributed by atoms with E-state index in [9.17, 15) is 4.79 Å². The standard InChI is InChI=1S/C19H31N3O.2ClH/c1-3-22(4-2)15-17-11-7-6-10-16(17)14-21-18(23)19(20)12-8-5-9-13-19;;/h6-7,10-11H,3-5,8-9,12-15,20H2,1-2H3,(H,21,23);2*1H. The topological polar surface area (TPSA) is 58.4 Å². The van der Waals surface area contributed by atoms with Crippen LogP contribution in [0.3, 0.4) is 0 Å². The molecule has 0 radical (unpaired) electrons. The Morgan fingerprint density at radius 3 is 2.20 bits per heavy atom. The molecular weight excluding hydrogens is 357 g/mol. The summed E-state index contributed by atoms with van der Waals surface area (Å²) in [6.45, 7) is 7.90. The second-order valence-corrected chi connectivity index (χ2v) is 6.63. The van der Waals surface area contributed by atoms with Crippen molar-refractivity contribution in [1.82, 2.24) is 10.2 Å². The minimum absolute atomic E-state index is 0. The molecule has 0 unspecified atom stereocenters. The molecule has 0 saturated heterocycles. The molecule has 0 spiro atoms. The third-order valence-electron chi connectivity index (χ3n) is 5.04. The lowest BCUT2D eigenvalue weighted by Gasteiger charge is -2.32. The van der Waals surface area contributed by atoms with Gasteiger partial charge in [0.05, 0.1) is 5.54 Å². The summed E-state index contributed by atoms with van der Waals surface area (Å²) in [6.07, 6.45) is 4.92. The van der Waals surface area contributed by atoms with Gasteiger partial charge in [0, 0.05) is 13.1 Å². The highest BCUT2D eigenvalue weighted by molar-refractivity contribution is 5.86. The van der Waals surface area contributed by atoms with Gasteiger partial charge in [-0.05, 0) is 37.1 Å². The van der Waals surface area contributed by atoms with Crippen LogP contribution in [-0.2, 0) is 17.9 Å². The molecule has 6 heteroatoms. The monoisotopic (exact) mass is 389 g/mol. The number of carbonyl (C=O) groups excluding carboxylic acids is 1. The van der Waals surface area contributed by atoms with E-state index in [1.807, 2.05) is 6.07 Å². The Kier molecular flexibility index (Phi) is 11.4. The van der Waals surface area contributed by atoms with Crippen molar-refractivity contribution < 1.29 is 4.79 Å². The van der Waals surface area contributed by atoms with Gasteiger partial charge in [0.15, 0.2) is 0 Å². The van der Waals surface area contributed by atoms with Crippen molar-refractivity contribution in [3.63, 3.8) is 0 Å². The number of rotatable bonds is 7. The van der Waals surface area contributed by atoms with Crippen molar-refractivity contribution >= 4 is 30.7 Å². The molecule has 0 aliphatic heterocycles. The molecule has 1 fully saturated rings. The fraction of sp³-hybridized carbons (Fsp3) is 0.632. The predicted molar refractivity (Wildman–Crippen MR) is 109 cm³/mol. The Morgan fingerprint density at radius 1 is 1.08 bits per heavy atom. The van der Waals surface area contributed by atoms with Gasteiger partial charge in [-0.2, -0.15) is 0 Å². The molecule has 1 aliphatic carbocycles.